The van der Waals surface area contributed by atoms with Gasteiger partial charge in [-0.1, -0.05) is 11.6 Å². The lowest BCUT2D eigenvalue weighted by atomic mass is 10.2. The smallest absolute Gasteiger partial charge is 0.262 e. The van der Waals surface area contributed by atoms with Crippen molar-refractivity contribution in [3.63, 3.8) is 0 Å². The maximum absolute atomic E-state index is 12.3. The van der Waals surface area contributed by atoms with E-state index in [9.17, 15) is 8.42 Å². The molecular weight excluding hydrogens is 298 g/mol. The van der Waals surface area contributed by atoms with Crippen LogP contribution in [0.25, 0.3) is 0 Å². The number of nitrogen functional groups attached to an aromatic ring is 1. The molecule has 0 aliphatic rings. The first-order chi connectivity index (χ1) is 9.29. The molecule has 20 heavy (non-hydrogen) atoms. The molecule has 2 aromatic rings. The van der Waals surface area contributed by atoms with Crippen molar-refractivity contribution in [2.45, 2.75) is 18.7 Å². The number of aryl methyl sites for hydroxylation is 2. The Labute approximate surface area is 122 Å². The highest BCUT2D eigenvalue weighted by atomic mass is 35.5. The molecule has 0 spiro atoms. The largest absolute Gasteiger partial charge is 0.397 e. The third kappa shape index (κ3) is 3.02. The number of hydrogen-bond donors (Lipinski definition) is 2. The van der Waals surface area contributed by atoms with E-state index in [2.05, 4.69) is 9.71 Å². The Hall–Kier alpha value is -1.79. The monoisotopic (exact) mass is 311 g/mol. The summed E-state index contributed by atoms with van der Waals surface area (Å²) in [6, 6.07) is 4.50. The van der Waals surface area contributed by atoms with E-state index in [0.717, 1.165) is 5.56 Å². The predicted octanol–water partition coefficient (Wildman–Crippen LogP) is 2.73. The third-order valence-corrected chi connectivity index (χ3v) is 4.57. The van der Waals surface area contributed by atoms with Crippen molar-refractivity contribution in [3.05, 3.63) is 46.7 Å². The van der Waals surface area contributed by atoms with E-state index >= 15 is 0 Å². The van der Waals surface area contributed by atoms with Gasteiger partial charge in [0, 0.05) is 6.20 Å². The third-order valence-electron chi connectivity index (χ3n) is 2.69. The van der Waals surface area contributed by atoms with Gasteiger partial charge in [0.15, 0.2) is 0 Å². The zero-order valence-electron chi connectivity index (χ0n) is 11.0. The highest BCUT2D eigenvalue weighted by molar-refractivity contribution is 7.92. The molecule has 0 saturated carbocycles. The Kier molecular flexibility index (Phi) is 3.87. The summed E-state index contributed by atoms with van der Waals surface area (Å²) in [5.41, 5.74) is 7.79. The minimum absolute atomic E-state index is 0.0680. The standard InChI is InChI=1S/C13H14ClN3O2S/c1-8-3-10(7-16-6-8)17-20(18,19)11-4-9(2)13(14)12(15)5-11/h3-7,17H,15H2,1-2H3. The average molecular weight is 312 g/mol. The zero-order valence-corrected chi connectivity index (χ0v) is 12.6. The van der Waals surface area contributed by atoms with Crippen LogP contribution < -0.4 is 10.5 Å². The summed E-state index contributed by atoms with van der Waals surface area (Å²) in [5, 5.41) is 0.362. The van der Waals surface area contributed by atoms with Gasteiger partial charge in [-0.25, -0.2) is 8.42 Å². The highest BCUT2D eigenvalue weighted by Crippen LogP contribution is 2.27. The van der Waals surface area contributed by atoms with E-state index in [-0.39, 0.29) is 10.6 Å². The minimum atomic E-state index is -3.72. The normalized spacial score (nSPS) is 11.3. The first kappa shape index (κ1) is 14.6. The lowest BCUT2D eigenvalue weighted by Gasteiger charge is -2.11. The van der Waals surface area contributed by atoms with Gasteiger partial charge in [0.25, 0.3) is 10.0 Å². The van der Waals surface area contributed by atoms with Crippen LogP contribution in [0.15, 0.2) is 35.5 Å². The van der Waals surface area contributed by atoms with Gasteiger partial charge in [-0.2, -0.15) is 0 Å². The molecule has 0 unspecified atom stereocenters. The molecule has 5 nitrogen and oxygen atoms in total. The van der Waals surface area contributed by atoms with Crippen LogP contribution >= 0.6 is 11.6 Å². The summed E-state index contributed by atoms with van der Waals surface area (Å²) >= 11 is 5.93. The van der Waals surface area contributed by atoms with Crippen LogP contribution in [0.4, 0.5) is 11.4 Å². The second kappa shape index (κ2) is 5.30. The number of anilines is 2. The number of halogens is 1. The number of rotatable bonds is 3. The molecule has 0 radical (unpaired) electrons. The molecule has 7 heteroatoms. The number of pyridine rings is 1. The molecule has 3 N–H and O–H groups in total. The molecule has 0 bridgehead atoms. The number of hydrogen-bond acceptors (Lipinski definition) is 4. The predicted molar refractivity (Wildman–Crippen MR) is 80.4 cm³/mol. The van der Waals surface area contributed by atoms with Gasteiger partial charge in [-0.15, -0.1) is 0 Å². The Morgan fingerprint density at radius 1 is 1.20 bits per heavy atom. The van der Waals surface area contributed by atoms with E-state index in [4.69, 9.17) is 17.3 Å². The van der Waals surface area contributed by atoms with E-state index in [1.165, 1.54) is 18.3 Å². The molecule has 0 atom stereocenters. The van der Waals surface area contributed by atoms with Gasteiger partial charge in [0.05, 0.1) is 27.5 Å². The summed E-state index contributed by atoms with van der Waals surface area (Å²) in [4.78, 5) is 4.01. The topological polar surface area (TPSA) is 85.1 Å². The van der Waals surface area contributed by atoms with E-state index in [1.54, 1.807) is 19.2 Å². The Bertz CT molecular complexity index is 737. The fourth-order valence-corrected chi connectivity index (χ4v) is 3.01. The van der Waals surface area contributed by atoms with Gasteiger partial charge in [-0.3, -0.25) is 9.71 Å². The Morgan fingerprint density at radius 3 is 2.50 bits per heavy atom. The second-order valence-corrected chi connectivity index (χ2v) is 6.56. The van der Waals surface area contributed by atoms with Crippen LogP contribution in [0.1, 0.15) is 11.1 Å². The molecule has 1 heterocycles. The van der Waals surface area contributed by atoms with Crippen LogP contribution in [0.5, 0.6) is 0 Å². The highest BCUT2D eigenvalue weighted by Gasteiger charge is 2.17. The average Bonchev–Trinajstić information content (AvgIpc) is 2.34. The van der Waals surface area contributed by atoms with Gasteiger partial charge in [0.2, 0.25) is 0 Å². The van der Waals surface area contributed by atoms with Crippen molar-refractivity contribution in [2.24, 2.45) is 0 Å². The molecule has 1 aromatic carbocycles. The molecule has 0 aliphatic carbocycles. The first-order valence-corrected chi connectivity index (χ1v) is 7.66. The van der Waals surface area contributed by atoms with Crippen molar-refractivity contribution in [1.82, 2.24) is 4.98 Å². The molecular formula is C13H14ClN3O2S. The molecule has 106 valence electrons. The summed E-state index contributed by atoms with van der Waals surface area (Å²) in [5.74, 6) is 0. The number of aromatic nitrogens is 1. The van der Waals surface area contributed by atoms with Crippen molar-refractivity contribution in [2.75, 3.05) is 10.5 Å². The molecule has 1 aromatic heterocycles. The first-order valence-electron chi connectivity index (χ1n) is 5.80. The number of nitrogens with two attached hydrogens (primary N) is 1. The van der Waals surface area contributed by atoms with Gasteiger partial charge >= 0.3 is 0 Å². The number of benzene rings is 1. The maximum Gasteiger partial charge on any atom is 0.262 e. The quantitative estimate of drug-likeness (QED) is 0.853. The fourth-order valence-electron chi connectivity index (χ4n) is 1.74. The second-order valence-electron chi connectivity index (χ2n) is 4.50. The molecule has 2 rings (SSSR count). The van der Waals surface area contributed by atoms with E-state index in [0.29, 0.717) is 16.3 Å². The summed E-state index contributed by atoms with van der Waals surface area (Å²) in [6.45, 7) is 3.53. The van der Waals surface area contributed by atoms with Crippen LogP contribution in [0, 0.1) is 13.8 Å². The van der Waals surface area contributed by atoms with Gasteiger partial charge < -0.3 is 5.73 Å². The van der Waals surface area contributed by atoms with Crippen molar-refractivity contribution in [3.8, 4) is 0 Å². The van der Waals surface area contributed by atoms with Crippen molar-refractivity contribution < 1.29 is 8.42 Å². The van der Waals surface area contributed by atoms with Crippen LogP contribution in [0.2, 0.25) is 5.02 Å². The van der Waals surface area contributed by atoms with Crippen molar-refractivity contribution >= 4 is 33.0 Å². The molecule has 0 amide bonds. The van der Waals surface area contributed by atoms with Gasteiger partial charge in [0.1, 0.15) is 0 Å². The SMILES string of the molecule is Cc1cncc(NS(=O)(=O)c2cc(C)c(Cl)c(N)c2)c1. The van der Waals surface area contributed by atoms with Crippen LogP contribution in [-0.2, 0) is 10.0 Å². The van der Waals surface area contributed by atoms with E-state index in [1.807, 2.05) is 6.92 Å². The number of sulfonamides is 1. The lowest BCUT2D eigenvalue weighted by molar-refractivity contribution is 0.601. The van der Waals surface area contributed by atoms with Gasteiger partial charge in [-0.05, 0) is 43.2 Å². The fraction of sp³-hybridized carbons (Fsp3) is 0.154. The Balaban J connectivity index is 2.41. The zero-order chi connectivity index (χ0) is 14.9. The summed E-state index contributed by atoms with van der Waals surface area (Å²) in [6.07, 6.45) is 3.08. The van der Waals surface area contributed by atoms with Crippen molar-refractivity contribution in [1.29, 1.82) is 0 Å². The maximum atomic E-state index is 12.3. The Morgan fingerprint density at radius 2 is 1.90 bits per heavy atom. The van der Waals surface area contributed by atoms with Crippen LogP contribution in [-0.4, -0.2) is 13.4 Å². The molecule has 0 fully saturated rings. The molecule has 0 aliphatic heterocycles. The minimum Gasteiger partial charge on any atom is -0.397 e. The summed E-state index contributed by atoms with van der Waals surface area (Å²) < 4.78 is 27.0. The lowest BCUT2D eigenvalue weighted by Crippen LogP contribution is -2.14. The van der Waals surface area contributed by atoms with Crippen LogP contribution in [0.3, 0.4) is 0 Å². The summed E-state index contributed by atoms with van der Waals surface area (Å²) in [7, 11) is -3.72. The molecule has 0 saturated heterocycles. The van der Waals surface area contributed by atoms with E-state index < -0.39 is 10.0 Å². The number of nitrogens with zero attached hydrogens (tertiary/aromatic N) is 1. The number of nitrogens with one attached hydrogen (secondary N) is 1.